The van der Waals surface area contributed by atoms with Crippen molar-refractivity contribution in [3.05, 3.63) is 23.2 Å². The molecular weight excluding hydrogens is 234 g/mol. The highest BCUT2D eigenvalue weighted by atomic mass is 16.5. The highest BCUT2D eigenvalue weighted by Gasteiger charge is 2.22. The Hall–Kier alpha value is -2.11. The summed E-state index contributed by atoms with van der Waals surface area (Å²) in [5, 5.41) is 3.80. The highest BCUT2D eigenvalue weighted by molar-refractivity contribution is 6.17. The van der Waals surface area contributed by atoms with Gasteiger partial charge < -0.3 is 15.0 Å². The Morgan fingerprint density at radius 2 is 2.17 bits per heavy atom. The monoisotopic (exact) mass is 251 g/mol. The van der Waals surface area contributed by atoms with Crippen molar-refractivity contribution in [2.24, 2.45) is 10.7 Å². The molecule has 0 bridgehead atoms. The Balaban J connectivity index is 3.19. The van der Waals surface area contributed by atoms with Crippen LogP contribution in [0.4, 0.5) is 0 Å². The SMILES string of the molecule is Cc1noc(C)c1/C(=C\N=CN)C(=O)OC(C)C. The first-order valence-electron chi connectivity index (χ1n) is 5.55. The summed E-state index contributed by atoms with van der Waals surface area (Å²) in [5.41, 5.74) is 6.65. The van der Waals surface area contributed by atoms with Gasteiger partial charge in [-0.2, -0.15) is 0 Å². The molecule has 0 fully saturated rings. The van der Waals surface area contributed by atoms with Crippen LogP contribution < -0.4 is 5.73 Å². The molecule has 0 atom stereocenters. The molecule has 6 heteroatoms. The lowest BCUT2D eigenvalue weighted by molar-refractivity contribution is -0.140. The summed E-state index contributed by atoms with van der Waals surface area (Å²) in [6.45, 7) is 7.01. The van der Waals surface area contributed by atoms with Crippen LogP contribution in [-0.2, 0) is 9.53 Å². The fourth-order valence-corrected chi connectivity index (χ4v) is 1.48. The number of aryl methyl sites for hydroxylation is 2. The standard InChI is InChI=1S/C12H17N3O3/c1-7(2)17-12(16)10(5-14-6-13)11-8(3)15-18-9(11)4/h5-7H,1-4H3,(H2,13,14)/b10-5+. The molecule has 1 heterocycles. The second kappa shape index (κ2) is 6.00. The van der Waals surface area contributed by atoms with Gasteiger partial charge in [0.2, 0.25) is 0 Å². The third-order valence-electron chi connectivity index (χ3n) is 2.16. The van der Waals surface area contributed by atoms with Crippen molar-refractivity contribution in [3.8, 4) is 0 Å². The van der Waals surface area contributed by atoms with Crippen LogP contribution >= 0.6 is 0 Å². The van der Waals surface area contributed by atoms with Gasteiger partial charge in [0.15, 0.2) is 0 Å². The Morgan fingerprint density at radius 3 is 2.61 bits per heavy atom. The van der Waals surface area contributed by atoms with Crippen molar-refractivity contribution >= 4 is 17.9 Å². The summed E-state index contributed by atoms with van der Waals surface area (Å²) >= 11 is 0. The number of aliphatic imine (C=N–C) groups is 1. The van der Waals surface area contributed by atoms with E-state index in [0.29, 0.717) is 17.0 Å². The normalized spacial score (nSPS) is 12.4. The molecule has 6 nitrogen and oxygen atoms in total. The van der Waals surface area contributed by atoms with Gasteiger partial charge >= 0.3 is 5.97 Å². The molecule has 0 aliphatic rings. The quantitative estimate of drug-likeness (QED) is 0.379. The largest absolute Gasteiger partial charge is 0.459 e. The van der Waals surface area contributed by atoms with Crippen molar-refractivity contribution in [2.75, 3.05) is 0 Å². The Labute approximate surface area is 106 Å². The number of esters is 1. The number of rotatable bonds is 4. The molecule has 2 N–H and O–H groups in total. The molecule has 0 saturated heterocycles. The van der Waals surface area contributed by atoms with Crippen LogP contribution in [0.1, 0.15) is 30.9 Å². The Kier molecular flexibility index (Phi) is 4.65. The summed E-state index contributed by atoms with van der Waals surface area (Å²) in [6, 6.07) is 0. The highest BCUT2D eigenvalue weighted by Crippen LogP contribution is 2.24. The van der Waals surface area contributed by atoms with Crippen molar-refractivity contribution < 1.29 is 14.1 Å². The lowest BCUT2D eigenvalue weighted by Crippen LogP contribution is -2.13. The molecule has 0 aliphatic carbocycles. The minimum atomic E-state index is -0.481. The van der Waals surface area contributed by atoms with Crippen LogP contribution in [0, 0.1) is 13.8 Å². The zero-order chi connectivity index (χ0) is 13.7. The van der Waals surface area contributed by atoms with E-state index in [4.69, 9.17) is 15.0 Å². The average Bonchev–Trinajstić information content (AvgIpc) is 2.60. The van der Waals surface area contributed by atoms with Crippen LogP contribution in [0.3, 0.4) is 0 Å². The summed E-state index contributed by atoms with van der Waals surface area (Å²) in [5.74, 6) is 0.0525. The smallest absolute Gasteiger partial charge is 0.340 e. The van der Waals surface area contributed by atoms with E-state index in [1.165, 1.54) is 6.20 Å². The van der Waals surface area contributed by atoms with Gasteiger partial charge in [-0.05, 0) is 27.7 Å². The zero-order valence-electron chi connectivity index (χ0n) is 10.9. The first kappa shape index (κ1) is 14.0. The third-order valence-corrected chi connectivity index (χ3v) is 2.16. The molecule has 1 rings (SSSR count). The summed E-state index contributed by atoms with van der Waals surface area (Å²) in [6.07, 6.45) is 2.22. The first-order valence-corrected chi connectivity index (χ1v) is 5.55. The summed E-state index contributed by atoms with van der Waals surface area (Å²) in [4.78, 5) is 15.7. The van der Waals surface area contributed by atoms with Gasteiger partial charge in [-0.15, -0.1) is 0 Å². The van der Waals surface area contributed by atoms with Crippen LogP contribution in [0.15, 0.2) is 15.7 Å². The van der Waals surface area contributed by atoms with Gasteiger partial charge in [-0.3, -0.25) is 0 Å². The lowest BCUT2D eigenvalue weighted by Gasteiger charge is -2.10. The van der Waals surface area contributed by atoms with E-state index < -0.39 is 5.97 Å². The molecule has 1 aromatic rings. The van der Waals surface area contributed by atoms with Gasteiger partial charge in [0.05, 0.1) is 29.3 Å². The van der Waals surface area contributed by atoms with Crippen molar-refractivity contribution in [2.45, 2.75) is 33.8 Å². The molecule has 0 aromatic carbocycles. The van der Waals surface area contributed by atoms with Crippen molar-refractivity contribution in [1.29, 1.82) is 0 Å². The van der Waals surface area contributed by atoms with Gasteiger partial charge in [0.1, 0.15) is 5.76 Å². The maximum Gasteiger partial charge on any atom is 0.340 e. The Bertz CT molecular complexity index is 467. The van der Waals surface area contributed by atoms with E-state index in [0.717, 1.165) is 6.34 Å². The fourth-order valence-electron chi connectivity index (χ4n) is 1.48. The first-order chi connectivity index (χ1) is 8.47. The molecule has 0 radical (unpaired) electrons. The minimum Gasteiger partial charge on any atom is -0.459 e. The van der Waals surface area contributed by atoms with E-state index >= 15 is 0 Å². The number of carbonyl (C=O) groups is 1. The minimum absolute atomic E-state index is 0.219. The topological polar surface area (TPSA) is 90.7 Å². The van der Waals surface area contributed by atoms with E-state index in [1.54, 1.807) is 27.7 Å². The van der Waals surface area contributed by atoms with Crippen LogP contribution in [0.25, 0.3) is 5.57 Å². The number of carbonyl (C=O) groups excluding carboxylic acids is 1. The van der Waals surface area contributed by atoms with Gasteiger partial charge in [-0.1, -0.05) is 5.16 Å². The summed E-state index contributed by atoms with van der Waals surface area (Å²) in [7, 11) is 0. The van der Waals surface area contributed by atoms with Crippen LogP contribution in [0.5, 0.6) is 0 Å². The lowest BCUT2D eigenvalue weighted by atomic mass is 10.1. The number of nitrogens with zero attached hydrogens (tertiary/aromatic N) is 2. The Morgan fingerprint density at radius 1 is 1.50 bits per heavy atom. The van der Waals surface area contributed by atoms with E-state index in [2.05, 4.69) is 10.1 Å². The predicted molar refractivity (Wildman–Crippen MR) is 67.9 cm³/mol. The van der Waals surface area contributed by atoms with E-state index in [9.17, 15) is 4.79 Å². The average molecular weight is 251 g/mol. The molecular formula is C12H17N3O3. The fraction of sp³-hybridized carbons (Fsp3) is 0.417. The van der Waals surface area contributed by atoms with Crippen molar-refractivity contribution in [1.82, 2.24) is 5.16 Å². The van der Waals surface area contributed by atoms with E-state index in [1.807, 2.05) is 0 Å². The number of hydrogen-bond donors (Lipinski definition) is 1. The molecule has 1 aromatic heterocycles. The van der Waals surface area contributed by atoms with Gasteiger partial charge in [-0.25, -0.2) is 9.79 Å². The number of nitrogens with two attached hydrogens (primary N) is 1. The molecule has 18 heavy (non-hydrogen) atoms. The molecule has 0 aliphatic heterocycles. The second-order valence-corrected chi connectivity index (χ2v) is 3.99. The molecule has 0 spiro atoms. The van der Waals surface area contributed by atoms with E-state index in [-0.39, 0.29) is 11.7 Å². The molecule has 0 amide bonds. The third kappa shape index (κ3) is 3.19. The number of aromatic nitrogens is 1. The second-order valence-electron chi connectivity index (χ2n) is 3.99. The van der Waals surface area contributed by atoms with Gasteiger partial charge in [0, 0.05) is 6.20 Å². The van der Waals surface area contributed by atoms with Gasteiger partial charge in [0.25, 0.3) is 0 Å². The molecule has 98 valence electrons. The van der Waals surface area contributed by atoms with Crippen molar-refractivity contribution in [3.63, 3.8) is 0 Å². The zero-order valence-corrected chi connectivity index (χ0v) is 10.9. The molecule has 0 saturated carbocycles. The maximum absolute atomic E-state index is 12.0. The maximum atomic E-state index is 12.0. The predicted octanol–water partition coefficient (Wildman–Crippen LogP) is 1.57. The molecule has 0 unspecified atom stereocenters. The van der Waals surface area contributed by atoms with Crippen LogP contribution in [-0.4, -0.2) is 23.6 Å². The summed E-state index contributed by atoms with van der Waals surface area (Å²) < 4.78 is 10.2. The number of ether oxygens (including phenoxy) is 1. The number of hydrogen-bond acceptors (Lipinski definition) is 5. The van der Waals surface area contributed by atoms with Crippen LogP contribution in [0.2, 0.25) is 0 Å².